The van der Waals surface area contributed by atoms with Crippen molar-refractivity contribution in [3.63, 3.8) is 0 Å². The number of methoxy groups -OCH3 is 1. The van der Waals surface area contributed by atoms with E-state index in [1.807, 2.05) is 24.3 Å². The molecule has 1 aromatic carbocycles. The van der Waals surface area contributed by atoms with Gasteiger partial charge >= 0.3 is 0 Å². The highest BCUT2D eigenvalue weighted by atomic mass is 35.5. The summed E-state index contributed by atoms with van der Waals surface area (Å²) in [7, 11) is 1.67. The summed E-state index contributed by atoms with van der Waals surface area (Å²) in [5.74, 6) is 2.28. The Labute approximate surface area is 109 Å². The van der Waals surface area contributed by atoms with Gasteiger partial charge in [0, 0.05) is 12.5 Å². The minimum Gasteiger partial charge on any atom is -0.493 e. The summed E-state index contributed by atoms with van der Waals surface area (Å²) >= 11 is 0. The molecule has 1 aliphatic heterocycles. The molecule has 17 heavy (non-hydrogen) atoms. The van der Waals surface area contributed by atoms with Gasteiger partial charge in [-0.1, -0.05) is 12.1 Å². The Hall–Kier alpha value is -0.930. The van der Waals surface area contributed by atoms with E-state index in [4.69, 9.17) is 9.47 Å². The summed E-state index contributed by atoms with van der Waals surface area (Å²) in [6.45, 7) is 2.98. The second kappa shape index (κ2) is 7.41. The minimum atomic E-state index is 0. The first-order valence-corrected chi connectivity index (χ1v) is 5.86. The zero-order chi connectivity index (χ0) is 11.2. The first kappa shape index (κ1) is 14.1. The lowest BCUT2D eigenvalue weighted by molar-refractivity contribution is 0.211. The molecule has 0 saturated carbocycles. The molecular weight excluding hydrogens is 238 g/mol. The number of nitrogens with one attached hydrogen (secondary N) is 1. The molecule has 1 fully saturated rings. The Morgan fingerprint density at radius 3 is 2.71 bits per heavy atom. The van der Waals surface area contributed by atoms with Gasteiger partial charge in [0.05, 0.1) is 13.7 Å². The Balaban J connectivity index is 0.00000144. The normalized spacial score (nSPS) is 19.2. The third-order valence-electron chi connectivity index (χ3n) is 2.94. The fourth-order valence-corrected chi connectivity index (χ4v) is 2.01. The van der Waals surface area contributed by atoms with Gasteiger partial charge < -0.3 is 14.8 Å². The zero-order valence-electron chi connectivity index (χ0n) is 10.1. The molecule has 0 aliphatic carbocycles. The molecule has 4 heteroatoms. The number of para-hydroxylation sites is 2. The second-order valence-electron chi connectivity index (χ2n) is 4.17. The van der Waals surface area contributed by atoms with Gasteiger partial charge in [-0.15, -0.1) is 12.4 Å². The fourth-order valence-electron chi connectivity index (χ4n) is 2.01. The van der Waals surface area contributed by atoms with Crippen LogP contribution in [-0.4, -0.2) is 26.8 Å². The Morgan fingerprint density at radius 1 is 1.29 bits per heavy atom. The van der Waals surface area contributed by atoms with Crippen molar-refractivity contribution < 1.29 is 9.47 Å². The number of rotatable bonds is 4. The van der Waals surface area contributed by atoms with Crippen LogP contribution in [0.4, 0.5) is 0 Å². The van der Waals surface area contributed by atoms with E-state index in [1.54, 1.807) is 7.11 Å². The van der Waals surface area contributed by atoms with Crippen molar-refractivity contribution in [2.75, 3.05) is 26.8 Å². The van der Waals surface area contributed by atoms with Gasteiger partial charge in [-0.2, -0.15) is 0 Å². The second-order valence-corrected chi connectivity index (χ2v) is 4.17. The van der Waals surface area contributed by atoms with Crippen LogP contribution in [0.2, 0.25) is 0 Å². The molecule has 1 aliphatic rings. The zero-order valence-corrected chi connectivity index (χ0v) is 11.0. The lowest BCUT2D eigenvalue weighted by atomic mass is 10.0. The molecule has 1 N–H and O–H groups in total. The van der Waals surface area contributed by atoms with Gasteiger partial charge in [0.15, 0.2) is 11.5 Å². The highest BCUT2D eigenvalue weighted by Crippen LogP contribution is 2.26. The van der Waals surface area contributed by atoms with Crippen LogP contribution in [0.3, 0.4) is 0 Å². The molecule has 1 aromatic rings. The lowest BCUT2D eigenvalue weighted by Gasteiger charge is -2.23. The quantitative estimate of drug-likeness (QED) is 0.899. The molecule has 0 spiro atoms. The van der Waals surface area contributed by atoms with E-state index in [0.29, 0.717) is 5.92 Å². The topological polar surface area (TPSA) is 30.5 Å². The van der Waals surface area contributed by atoms with E-state index in [0.717, 1.165) is 31.2 Å². The third-order valence-corrected chi connectivity index (χ3v) is 2.94. The van der Waals surface area contributed by atoms with E-state index in [9.17, 15) is 0 Å². The van der Waals surface area contributed by atoms with Crippen molar-refractivity contribution in [1.29, 1.82) is 0 Å². The molecule has 0 aromatic heterocycles. The maximum atomic E-state index is 5.80. The summed E-state index contributed by atoms with van der Waals surface area (Å²) in [6.07, 6.45) is 2.50. The van der Waals surface area contributed by atoms with Crippen molar-refractivity contribution >= 4 is 12.4 Å². The summed E-state index contributed by atoms with van der Waals surface area (Å²) < 4.78 is 11.0. The molecule has 0 amide bonds. The molecule has 1 atom stereocenters. The number of hydrogen-bond donors (Lipinski definition) is 1. The average Bonchev–Trinajstić information content (AvgIpc) is 2.38. The van der Waals surface area contributed by atoms with Gasteiger partial charge in [0.25, 0.3) is 0 Å². The first-order chi connectivity index (χ1) is 7.90. The fraction of sp³-hybridized carbons (Fsp3) is 0.538. The Kier molecular flexibility index (Phi) is 6.16. The van der Waals surface area contributed by atoms with E-state index in [1.165, 1.54) is 12.8 Å². The van der Waals surface area contributed by atoms with Gasteiger partial charge in [-0.05, 0) is 31.5 Å². The molecule has 96 valence electrons. The van der Waals surface area contributed by atoms with Crippen LogP contribution in [0.25, 0.3) is 0 Å². The van der Waals surface area contributed by atoms with Crippen molar-refractivity contribution in [2.45, 2.75) is 12.8 Å². The summed E-state index contributed by atoms with van der Waals surface area (Å²) in [5.41, 5.74) is 0. The summed E-state index contributed by atoms with van der Waals surface area (Å²) in [4.78, 5) is 0. The number of hydrogen-bond acceptors (Lipinski definition) is 3. The van der Waals surface area contributed by atoms with Crippen LogP contribution < -0.4 is 14.8 Å². The average molecular weight is 258 g/mol. The predicted octanol–water partition coefficient (Wildman–Crippen LogP) is 2.50. The molecule has 1 heterocycles. The summed E-state index contributed by atoms with van der Waals surface area (Å²) in [6, 6.07) is 7.80. The van der Waals surface area contributed by atoms with Crippen LogP contribution in [-0.2, 0) is 0 Å². The number of ether oxygens (including phenoxy) is 2. The number of piperidine rings is 1. The van der Waals surface area contributed by atoms with Crippen molar-refractivity contribution in [3.05, 3.63) is 24.3 Å². The van der Waals surface area contributed by atoms with Crippen molar-refractivity contribution in [2.24, 2.45) is 5.92 Å². The Morgan fingerprint density at radius 2 is 2.06 bits per heavy atom. The minimum absolute atomic E-state index is 0. The standard InChI is InChI=1S/C13H19NO2.ClH/c1-15-12-6-2-3-7-13(12)16-10-11-5-4-8-14-9-11;/h2-3,6-7,11,14H,4-5,8-10H2,1H3;1H. The van der Waals surface area contributed by atoms with Crippen LogP contribution in [0, 0.1) is 5.92 Å². The largest absolute Gasteiger partial charge is 0.493 e. The van der Waals surface area contributed by atoms with Gasteiger partial charge in [-0.25, -0.2) is 0 Å². The highest BCUT2D eigenvalue weighted by Gasteiger charge is 2.14. The molecule has 3 nitrogen and oxygen atoms in total. The monoisotopic (exact) mass is 257 g/mol. The van der Waals surface area contributed by atoms with Crippen LogP contribution in [0.5, 0.6) is 11.5 Å². The smallest absolute Gasteiger partial charge is 0.161 e. The maximum absolute atomic E-state index is 5.80. The molecule has 0 radical (unpaired) electrons. The first-order valence-electron chi connectivity index (χ1n) is 5.86. The molecule has 2 rings (SSSR count). The van der Waals surface area contributed by atoms with Crippen molar-refractivity contribution in [3.8, 4) is 11.5 Å². The highest BCUT2D eigenvalue weighted by molar-refractivity contribution is 5.85. The SMILES string of the molecule is COc1ccccc1OCC1CCCNC1.Cl. The van der Waals surface area contributed by atoms with Crippen LogP contribution in [0.15, 0.2) is 24.3 Å². The van der Waals surface area contributed by atoms with Crippen molar-refractivity contribution in [1.82, 2.24) is 5.32 Å². The number of benzene rings is 1. The van der Waals surface area contributed by atoms with Gasteiger partial charge in [0.1, 0.15) is 0 Å². The van der Waals surface area contributed by atoms with E-state index >= 15 is 0 Å². The number of halogens is 1. The van der Waals surface area contributed by atoms with E-state index < -0.39 is 0 Å². The van der Waals surface area contributed by atoms with E-state index in [-0.39, 0.29) is 12.4 Å². The molecule has 1 saturated heterocycles. The van der Waals surface area contributed by atoms with E-state index in [2.05, 4.69) is 5.32 Å². The molecule has 1 unspecified atom stereocenters. The third kappa shape index (κ3) is 4.10. The summed E-state index contributed by atoms with van der Waals surface area (Å²) in [5, 5.41) is 3.39. The maximum Gasteiger partial charge on any atom is 0.161 e. The van der Waals surface area contributed by atoms with Gasteiger partial charge in [-0.3, -0.25) is 0 Å². The Bertz CT molecular complexity index is 327. The van der Waals surface area contributed by atoms with Gasteiger partial charge in [0.2, 0.25) is 0 Å². The molecular formula is C13H20ClNO2. The molecule has 0 bridgehead atoms. The lowest BCUT2D eigenvalue weighted by Crippen LogP contribution is -2.33. The van der Waals surface area contributed by atoms with Crippen LogP contribution >= 0.6 is 12.4 Å². The predicted molar refractivity (Wildman–Crippen MR) is 71.3 cm³/mol. The van der Waals surface area contributed by atoms with Crippen LogP contribution in [0.1, 0.15) is 12.8 Å².